The van der Waals surface area contributed by atoms with E-state index in [9.17, 15) is 0 Å². The summed E-state index contributed by atoms with van der Waals surface area (Å²) in [5.74, 6) is 0. The van der Waals surface area contributed by atoms with Crippen molar-refractivity contribution >= 4 is 0 Å². The van der Waals surface area contributed by atoms with E-state index in [1.165, 1.54) is 263 Å². The van der Waals surface area contributed by atoms with Crippen LogP contribution in [0.5, 0.6) is 0 Å². The topological polar surface area (TPSA) is 12.0 Å². The second-order valence-electron chi connectivity index (χ2n) is 16.1. The molecule has 0 saturated carbocycles. The molecule has 0 rings (SSSR count). The molecule has 284 valence electrons. The van der Waals surface area contributed by atoms with Crippen LogP contribution in [0.25, 0.3) is 0 Å². The molecular weight excluding hydrogens is 567 g/mol. The van der Waals surface area contributed by atoms with Gasteiger partial charge in [0.2, 0.25) is 0 Å². The maximum absolute atomic E-state index is 4.33. The molecule has 0 aliphatic carbocycles. The first kappa shape index (κ1) is 47.0. The van der Waals surface area contributed by atoms with Gasteiger partial charge in [0.1, 0.15) is 0 Å². The number of hydrogen-bond donors (Lipinski definition) is 1. The Morgan fingerprint density at radius 3 is 0.660 bits per heavy atom. The molecule has 0 atom stereocenters. The van der Waals surface area contributed by atoms with Crippen molar-refractivity contribution in [1.29, 1.82) is 0 Å². The van der Waals surface area contributed by atoms with Crippen LogP contribution >= 0.6 is 0 Å². The molecule has 1 heteroatoms. The average Bonchev–Trinajstić information content (AvgIpc) is 3.08. The van der Waals surface area contributed by atoms with Crippen LogP contribution in [0.2, 0.25) is 0 Å². The van der Waals surface area contributed by atoms with E-state index in [-0.39, 0.29) is 0 Å². The van der Waals surface area contributed by atoms with Gasteiger partial charge in [0.15, 0.2) is 0 Å². The van der Waals surface area contributed by atoms with E-state index in [2.05, 4.69) is 33.0 Å². The van der Waals surface area contributed by atoms with Gasteiger partial charge in [-0.15, -0.1) is 0 Å². The second-order valence-corrected chi connectivity index (χ2v) is 16.1. The molecule has 0 radical (unpaired) electrons. The first-order valence-electron chi connectivity index (χ1n) is 23.0. The third-order valence-corrected chi connectivity index (χ3v) is 11.3. The Morgan fingerprint density at radius 1 is 0.234 bits per heavy atom. The zero-order valence-electron chi connectivity index (χ0n) is 34.0. The van der Waals surface area contributed by atoms with Gasteiger partial charge in [-0.1, -0.05) is 259 Å². The third kappa shape index (κ3) is 35.6. The largest absolute Gasteiger partial charge is 0.311 e. The van der Waals surface area contributed by atoms with Gasteiger partial charge in [0.05, 0.1) is 0 Å². The van der Waals surface area contributed by atoms with Crippen molar-refractivity contribution in [3.8, 4) is 0 Å². The van der Waals surface area contributed by atoms with Gasteiger partial charge in [-0.05, 0) is 32.2 Å². The van der Waals surface area contributed by atoms with Gasteiger partial charge < -0.3 is 5.32 Å². The summed E-state index contributed by atoms with van der Waals surface area (Å²) in [7, 11) is 0. The van der Waals surface area contributed by atoms with E-state index in [1.54, 1.807) is 0 Å². The Kier molecular flexibility index (Phi) is 40.4. The van der Waals surface area contributed by atoms with Crippen LogP contribution in [0, 0.1) is 0 Å². The minimum Gasteiger partial charge on any atom is -0.311 e. The molecule has 0 fully saturated rings. The van der Waals surface area contributed by atoms with E-state index in [0.717, 1.165) is 0 Å². The van der Waals surface area contributed by atoms with Gasteiger partial charge in [-0.25, -0.2) is 0 Å². The molecule has 0 heterocycles. The molecule has 0 unspecified atom stereocenters. The van der Waals surface area contributed by atoms with Crippen molar-refractivity contribution in [2.24, 2.45) is 0 Å². The van der Waals surface area contributed by atoms with Crippen LogP contribution in [0.15, 0.2) is 0 Å². The standard InChI is InChI=1S/C46H95N/c1-5-9-13-17-21-24-26-28-31-35-39-43-46(42-38-34-30-20-16-12-8-4,47-45-41-37-33-23-19-15-11-7-3)44-40-36-32-29-27-25-22-18-14-10-6-2/h47H,5-45H2,1-4H3. The number of hydrogen-bond acceptors (Lipinski definition) is 1. The number of nitrogens with one attached hydrogen (secondary N) is 1. The SMILES string of the molecule is CCCCCCCCCCCCCC(CCCCCCCCC)(CCCCCCCCCCCCC)NCCCCCCCCCC. The van der Waals surface area contributed by atoms with E-state index in [0.29, 0.717) is 5.54 Å². The van der Waals surface area contributed by atoms with Gasteiger partial charge >= 0.3 is 0 Å². The predicted molar refractivity (Wildman–Crippen MR) is 218 cm³/mol. The molecule has 1 N–H and O–H groups in total. The molecule has 0 aliphatic rings. The zero-order valence-corrected chi connectivity index (χ0v) is 34.0. The highest BCUT2D eigenvalue weighted by Crippen LogP contribution is 2.30. The van der Waals surface area contributed by atoms with E-state index >= 15 is 0 Å². The third-order valence-electron chi connectivity index (χ3n) is 11.3. The molecule has 0 spiro atoms. The van der Waals surface area contributed by atoms with Crippen LogP contribution in [0.4, 0.5) is 0 Å². The highest BCUT2D eigenvalue weighted by Gasteiger charge is 2.27. The average molecular weight is 662 g/mol. The summed E-state index contributed by atoms with van der Waals surface area (Å²) in [6.07, 6.45) is 57.9. The zero-order chi connectivity index (χ0) is 34.2. The van der Waals surface area contributed by atoms with Gasteiger partial charge in [0, 0.05) is 5.54 Å². The Labute approximate surface area is 301 Å². The second kappa shape index (κ2) is 40.4. The fourth-order valence-corrected chi connectivity index (χ4v) is 7.93. The Bertz CT molecular complexity index is 515. The molecule has 0 saturated heterocycles. The van der Waals surface area contributed by atoms with Crippen molar-refractivity contribution in [3.05, 3.63) is 0 Å². The molecular formula is C46H95N. The van der Waals surface area contributed by atoms with Crippen molar-refractivity contribution < 1.29 is 0 Å². The Balaban J connectivity index is 4.80. The molecule has 0 amide bonds. The summed E-state index contributed by atoms with van der Waals surface area (Å²) >= 11 is 0. The summed E-state index contributed by atoms with van der Waals surface area (Å²) in [5, 5.41) is 4.33. The van der Waals surface area contributed by atoms with Crippen molar-refractivity contribution in [3.63, 3.8) is 0 Å². The maximum atomic E-state index is 4.33. The van der Waals surface area contributed by atoms with Crippen LogP contribution in [0.1, 0.15) is 285 Å². The van der Waals surface area contributed by atoms with E-state index in [4.69, 9.17) is 0 Å². The minimum atomic E-state index is 0.420. The molecule has 1 nitrogen and oxygen atoms in total. The highest BCUT2D eigenvalue weighted by molar-refractivity contribution is 4.88. The van der Waals surface area contributed by atoms with Crippen molar-refractivity contribution in [2.75, 3.05) is 6.54 Å². The maximum Gasteiger partial charge on any atom is 0.0181 e. The summed E-state index contributed by atoms with van der Waals surface area (Å²) < 4.78 is 0. The summed E-state index contributed by atoms with van der Waals surface area (Å²) in [6.45, 7) is 10.6. The van der Waals surface area contributed by atoms with Crippen molar-refractivity contribution in [2.45, 2.75) is 290 Å². The minimum absolute atomic E-state index is 0.420. The fraction of sp³-hybridized carbons (Fsp3) is 1.00. The van der Waals surface area contributed by atoms with Crippen molar-refractivity contribution in [1.82, 2.24) is 5.32 Å². The van der Waals surface area contributed by atoms with Crippen LogP contribution < -0.4 is 5.32 Å². The lowest BCUT2D eigenvalue weighted by Crippen LogP contribution is -2.45. The quantitative estimate of drug-likeness (QED) is 0.0642. The summed E-state index contributed by atoms with van der Waals surface area (Å²) in [4.78, 5) is 0. The normalized spacial score (nSPS) is 12.0. The molecule has 0 bridgehead atoms. The molecule has 0 aromatic heterocycles. The van der Waals surface area contributed by atoms with Crippen LogP contribution in [0.3, 0.4) is 0 Å². The monoisotopic (exact) mass is 662 g/mol. The highest BCUT2D eigenvalue weighted by atomic mass is 15.0. The number of rotatable bonds is 42. The first-order chi connectivity index (χ1) is 23.2. The fourth-order valence-electron chi connectivity index (χ4n) is 7.93. The van der Waals surface area contributed by atoms with Crippen LogP contribution in [-0.2, 0) is 0 Å². The predicted octanol–water partition coefficient (Wildman–Crippen LogP) is 17.0. The smallest absolute Gasteiger partial charge is 0.0181 e. The molecule has 0 aromatic rings. The van der Waals surface area contributed by atoms with E-state index in [1.807, 2.05) is 0 Å². The summed E-state index contributed by atoms with van der Waals surface area (Å²) in [6, 6.07) is 0. The Hall–Kier alpha value is -0.0400. The lowest BCUT2D eigenvalue weighted by atomic mass is 9.81. The van der Waals surface area contributed by atoms with Crippen LogP contribution in [-0.4, -0.2) is 12.1 Å². The number of unbranched alkanes of at least 4 members (excludes halogenated alkanes) is 33. The van der Waals surface area contributed by atoms with Gasteiger partial charge in [-0.3, -0.25) is 0 Å². The van der Waals surface area contributed by atoms with Gasteiger partial charge in [0.25, 0.3) is 0 Å². The first-order valence-corrected chi connectivity index (χ1v) is 23.0. The Morgan fingerprint density at radius 2 is 0.426 bits per heavy atom. The van der Waals surface area contributed by atoms with Gasteiger partial charge in [-0.2, -0.15) is 0 Å². The molecule has 47 heavy (non-hydrogen) atoms. The molecule has 0 aromatic carbocycles. The lowest BCUT2D eigenvalue weighted by molar-refractivity contribution is 0.234. The van der Waals surface area contributed by atoms with E-state index < -0.39 is 0 Å². The molecule has 0 aliphatic heterocycles. The summed E-state index contributed by atoms with van der Waals surface area (Å²) in [5.41, 5.74) is 0.420. The lowest BCUT2D eigenvalue weighted by Gasteiger charge is -2.36.